The molecule has 0 saturated carbocycles. The van der Waals surface area contributed by atoms with Crippen LogP contribution in [0.25, 0.3) is 0 Å². The molecule has 1 N–H and O–H groups in total. The van der Waals surface area contributed by atoms with E-state index in [4.69, 9.17) is 0 Å². The largest absolute Gasteiger partial charge is 0.393 e. The molecule has 0 saturated heterocycles. The Balaban J connectivity index is 3.02. The summed E-state index contributed by atoms with van der Waals surface area (Å²) in [6, 6.07) is 5.69. The van der Waals surface area contributed by atoms with E-state index >= 15 is 0 Å². The minimum atomic E-state index is -4.30. The van der Waals surface area contributed by atoms with Crippen LogP contribution in [0, 0.1) is 0 Å². The third-order valence-corrected chi connectivity index (χ3v) is 1.88. The van der Waals surface area contributed by atoms with Crippen LogP contribution in [0.3, 0.4) is 0 Å². The number of benzene rings is 1. The number of carbonyl (C=O) groups is 1. The molecule has 0 aliphatic heterocycles. The van der Waals surface area contributed by atoms with Crippen LogP contribution < -0.4 is 5.32 Å². The highest BCUT2D eigenvalue weighted by atomic mass is 19.4. The van der Waals surface area contributed by atoms with E-state index < -0.39 is 18.5 Å². The molecule has 0 atom stereocenters. The number of alkyl halides is 3. The third-order valence-electron chi connectivity index (χ3n) is 1.88. The number of nitrogens with one attached hydrogen (secondary N) is 1. The molecule has 0 heterocycles. The summed E-state index contributed by atoms with van der Waals surface area (Å²) in [6.07, 6.45) is -5.39. The molecule has 0 aromatic heterocycles. The molecule has 0 bridgehead atoms. The molecule has 0 unspecified atom stereocenters. The van der Waals surface area contributed by atoms with Crippen molar-refractivity contribution in [1.29, 1.82) is 0 Å². The lowest BCUT2D eigenvalue weighted by atomic mass is 10.0. The van der Waals surface area contributed by atoms with Crippen LogP contribution in [-0.4, -0.2) is 19.1 Å². The molecule has 1 amide bonds. The predicted octanol–water partition coefficient (Wildman–Crippen LogP) is 2.15. The van der Waals surface area contributed by atoms with Gasteiger partial charge in [-0.2, -0.15) is 13.2 Å². The number of amides is 1. The summed E-state index contributed by atoms with van der Waals surface area (Å²) in [5.41, 5.74) is 0.0571. The Morgan fingerprint density at radius 3 is 2.47 bits per heavy atom. The highest BCUT2D eigenvalue weighted by Crippen LogP contribution is 2.23. The van der Waals surface area contributed by atoms with Gasteiger partial charge in [0.2, 0.25) is 0 Å². The van der Waals surface area contributed by atoms with E-state index in [9.17, 15) is 18.0 Å². The van der Waals surface area contributed by atoms with Crippen molar-refractivity contribution >= 4 is 5.91 Å². The first kappa shape index (κ1) is 11.6. The average molecular weight is 217 g/mol. The van der Waals surface area contributed by atoms with E-state index in [1.54, 1.807) is 0 Å². The Morgan fingerprint density at radius 1 is 1.33 bits per heavy atom. The van der Waals surface area contributed by atoms with Gasteiger partial charge in [-0.3, -0.25) is 4.79 Å². The van der Waals surface area contributed by atoms with Crippen molar-refractivity contribution in [3.63, 3.8) is 0 Å². The number of rotatable bonds is 2. The monoisotopic (exact) mass is 217 g/mol. The van der Waals surface area contributed by atoms with Crippen molar-refractivity contribution in [2.75, 3.05) is 7.05 Å². The van der Waals surface area contributed by atoms with E-state index in [0.29, 0.717) is 0 Å². The standard InChI is InChI=1S/C10H10F3NO/c1-14-9(15)8-5-3-2-4-7(8)6-10(11,12)13/h2-5H,6H2,1H3,(H,14,15). The highest BCUT2D eigenvalue weighted by Gasteiger charge is 2.29. The van der Waals surface area contributed by atoms with Crippen LogP contribution in [0.4, 0.5) is 13.2 Å². The highest BCUT2D eigenvalue weighted by molar-refractivity contribution is 5.95. The van der Waals surface area contributed by atoms with Gasteiger partial charge < -0.3 is 5.32 Å². The number of halogens is 3. The van der Waals surface area contributed by atoms with E-state index in [2.05, 4.69) is 5.32 Å². The molecule has 0 radical (unpaired) electrons. The summed E-state index contributed by atoms with van der Waals surface area (Å²) >= 11 is 0. The molecule has 1 aromatic rings. The third kappa shape index (κ3) is 3.27. The van der Waals surface area contributed by atoms with Gasteiger partial charge in [-0.05, 0) is 11.6 Å². The average Bonchev–Trinajstić information content (AvgIpc) is 2.15. The van der Waals surface area contributed by atoms with Crippen molar-refractivity contribution in [1.82, 2.24) is 5.32 Å². The van der Waals surface area contributed by atoms with E-state index in [-0.39, 0.29) is 11.1 Å². The van der Waals surface area contributed by atoms with Crippen LogP contribution in [0.2, 0.25) is 0 Å². The molecule has 0 fully saturated rings. The summed E-state index contributed by atoms with van der Waals surface area (Å²) in [5.74, 6) is -0.505. The Morgan fingerprint density at radius 2 is 1.93 bits per heavy atom. The minimum absolute atomic E-state index is 0.00986. The van der Waals surface area contributed by atoms with E-state index in [1.807, 2.05) is 0 Å². The summed E-state index contributed by atoms with van der Waals surface area (Å²) in [7, 11) is 1.38. The molecular formula is C10H10F3NO. The first-order valence-electron chi connectivity index (χ1n) is 4.31. The summed E-state index contributed by atoms with van der Waals surface area (Å²) < 4.78 is 36.5. The summed E-state index contributed by atoms with van der Waals surface area (Å²) in [6.45, 7) is 0. The van der Waals surface area contributed by atoms with Crippen LogP contribution in [-0.2, 0) is 6.42 Å². The summed E-state index contributed by atoms with van der Waals surface area (Å²) in [4.78, 5) is 11.2. The molecule has 5 heteroatoms. The maximum Gasteiger partial charge on any atom is 0.393 e. The van der Waals surface area contributed by atoms with Gasteiger partial charge in [0.1, 0.15) is 0 Å². The predicted molar refractivity (Wildman–Crippen MR) is 49.6 cm³/mol. The molecule has 1 aromatic carbocycles. The zero-order chi connectivity index (χ0) is 11.5. The quantitative estimate of drug-likeness (QED) is 0.808. The van der Waals surface area contributed by atoms with Crippen molar-refractivity contribution in [3.05, 3.63) is 35.4 Å². The van der Waals surface area contributed by atoms with Gasteiger partial charge in [-0.25, -0.2) is 0 Å². The smallest absolute Gasteiger partial charge is 0.355 e. The van der Waals surface area contributed by atoms with Crippen molar-refractivity contribution < 1.29 is 18.0 Å². The molecule has 0 spiro atoms. The zero-order valence-electron chi connectivity index (χ0n) is 8.06. The van der Waals surface area contributed by atoms with Gasteiger partial charge in [0, 0.05) is 12.6 Å². The van der Waals surface area contributed by atoms with Crippen LogP contribution in [0.1, 0.15) is 15.9 Å². The van der Waals surface area contributed by atoms with Gasteiger partial charge in [-0.15, -0.1) is 0 Å². The minimum Gasteiger partial charge on any atom is -0.355 e. The lowest BCUT2D eigenvalue weighted by Gasteiger charge is -2.10. The van der Waals surface area contributed by atoms with Crippen LogP contribution in [0.5, 0.6) is 0 Å². The van der Waals surface area contributed by atoms with Gasteiger partial charge in [0.05, 0.1) is 6.42 Å². The lowest BCUT2D eigenvalue weighted by molar-refractivity contribution is -0.127. The second-order valence-electron chi connectivity index (χ2n) is 3.03. The Kier molecular flexibility index (Phi) is 3.34. The topological polar surface area (TPSA) is 29.1 Å². The first-order valence-corrected chi connectivity index (χ1v) is 4.31. The molecule has 0 aliphatic carbocycles. The normalized spacial score (nSPS) is 11.2. The maximum atomic E-state index is 12.2. The fraction of sp³-hybridized carbons (Fsp3) is 0.300. The molecule has 2 nitrogen and oxygen atoms in total. The molecule has 1 rings (SSSR count). The fourth-order valence-electron chi connectivity index (χ4n) is 1.25. The fourth-order valence-corrected chi connectivity index (χ4v) is 1.25. The van der Waals surface area contributed by atoms with Gasteiger partial charge >= 0.3 is 6.18 Å². The maximum absolute atomic E-state index is 12.2. The second-order valence-corrected chi connectivity index (χ2v) is 3.03. The summed E-state index contributed by atoms with van der Waals surface area (Å²) in [5, 5.41) is 2.30. The van der Waals surface area contributed by atoms with E-state index in [0.717, 1.165) is 0 Å². The van der Waals surface area contributed by atoms with Crippen molar-refractivity contribution in [2.45, 2.75) is 12.6 Å². The Bertz CT molecular complexity index is 360. The first-order chi connectivity index (χ1) is 6.94. The van der Waals surface area contributed by atoms with Crippen LogP contribution in [0.15, 0.2) is 24.3 Å². The number of carbonyl (C=O) groups excluding carboxylic acids is 1. The Labute approximate surface area is 85.1 Å². The van der Waals surface area contributed by atoms with Crippen molar-refractivity contribution in [2.24, 2.45) is 0 Å². The molecule has 82 valence electrons. The van der Waals surface area contributed by atoms with Gasteiger partial charge in [-0.1, -0.05) is 18.2 Å². The van der Waals surface area contributed by atoms with E-state index in [1.165, 1.54) is 31.3 Å². The Hall–Kier alpha value is -1.52. The zero-order valence-corrected chi connectivity index (χ0v) is 8.06. The molecule has 0 aliphatic rings. The number of hydrogen-bond acceptors (Lipinski definition) is 1. The van der Waals surface area contributed by atoms with Gasteiger partial charge in [0.15, 0.2) is 0 Å². The molecular weight excluding hydrogens is 207 g/mol. The SMILES string of the molecule is CNC(=O)c1ccccc1CC(F)(F)F. The lowest BCUT2D eigenvalue weighted by Crippen LogP contribution is -2.22. The van der Waals surface area contributed by atoms with Crippen LogP contribution >= 0.6 is 0 Å². The van der Waals surface area contributed by atoms with Gasteiger partial charge in [0.25, 0.3) is 5.91 Å². The second kappa shape index (κ2) is 4.33. The number of hydrogen-bond donors (Lipinski definition) is 1. The molecule has 15 heavy (non-hydrogen) atoms. The van der Waals surface area contributed by atoms with Crippen molar-refractivity contribution in [3.8, 4) is 0 Å².